The highest BCUT2D eigenvalue weighted by Gasteiger charge is 2.24. The number of thioether (sulfide) groups is 1. The van der Waals surface area contributed by atoms with Crippen molar-refractivity contribution in [3.05, 3.63) is 48.7 Å². The Morgan fingerprint density at radius 2 is 1.96 bits per heavy atom. The molecule has 1 aromatic carbocycles. The number of nitrogens with one attached hydrogen (secondary N) is 1. The van der Waals surface area contributed by atoms with Crippen molar-refractivity contribution in [2.45, 2.75) is 43.1 Å². The van der Waals surface area contributed by atoms with Crippen LogP contribution in [0.4, 0.5) is 0 Å². The predicted octanol–water partition coefficient (Wildman–Crippen LogP) is 3.82. The number of nitrogens with zero attached hydrogens (tertiary/aromatic N) is 2. The molecule has 1 N–H and O–H groups in total. The molecule has 7 heteroatoms. The minimum atomic E-state index is 0.0105. The topological polar surface area (TPSA) is 77.2 Å². The van der Waals surface area contributed by atoms with Crippen molar-refractivity contribution in [2.24, 2.45) is 0 Å². The molecule has 4 rings (SSSR count). The minimum Gasteiger partial charge on any atom is -0.474 e. The SMILES string of the molecule is O=C(CSc1nc2ccccc2o1)NC1CCC(Oc2ccccn2)CC1. The fourth-order valence-corrected chi connectivity index (χ4v) is 3.87. The molecule has 0 bridgehead atoms. The number of amides is 1. The van der Waals surface area contributed by atoms with Crippen LogP contribution in [0.3, 0.4) is 0 Å². The predicted molar refractivity (Wildman–Crippen MR) is 104 cm³/mol. The molecular formula is C20H21N3O3S. The Labute approximate surface area is 161 Å². The van der Waals surface area contributed by atoms with Crippen LogP contribution < -0.4 is 10.1 Å². The number of ether oxygens (including phenoxy) is 1. The summed E-state index contributed by atoms with van der Waals surface area (Å²) >= 11 is 1.32. The van der Waals surface area contributed by atoms with E-state index >= 15 is 0 Å². The molecule has 3 aromatic rings. The molecule has 1 aliphatic carbocycles. The maximum Gasteiger partial charge on any atom is 0.257 e. The lowest BCUT2D eigenvalue weighted by molar-refractivity contribution is -0.119. The number of carbonyl (C=O) groups is 1. The quantitative estimate of drug-likeness (QED) is 0.652. The second-order valence-corrected chi connectivity index (χ2v) is 7.49. The zero-order chi connectivity index (χ0) is 18.5. The molecular weight excluding hydrogens is 362 g/mol. The average molecular weight is 383 g/mol. The van der Waals surface area contributed by atoms with Gasteiger partial charge in [0.05, 0.1) is 5.75 Å². The molecule has 2 aromatic heterocycles. The minimum absolute atomic E-state index is 0.0105. The molecule has 0 atom stereocenters. The van der Waals surface area contributed by atoms with Crippen LogP contribution in [-0.4, -0.2) is 33.8 Å². The van der Waals surface area contributed by atoms with Crippen molar-refractivity contribution in [1.82, 2.24) is 15.3 Å². The van der Waals surface area contributed by atoms with E-state index in [4.69, 9.17) is 9.15 Å². The van der Waals surface area contributed by atoms with Crippen molar-refractivity contribution in [2.75, 3.05) is 5.75 Å². The van der Waals surface area contributed by atoms with Gasteiger partial charge in [0.15, 0.2) is 5.58 Å². The molecule has 1 fully saturated rings. The summed E-state index contributed by atoms with van der Waals surface area (Å²) < 4.78 is 11.5. The van der Waals surface area contributed by atoms with E-state index in [1.807, 2.05) is 42.5 Å². The van der Waals surface area contributed by atoms with Gasteiger partial charge in [0, 0.05) is 18.3 Å². The molecule has 0 radical (unpaired) electrons. The van der Waals surface area contributed by atoms with Gasteiger partial charge in [-0.05, 0) is 43.9 Å². The van der Waals surface area contributed by atoms with Crippen LogP contribution in [0, 0.1) is 0 Å². The molecule has 1 saturated carbocycles. The number of oxazole rings is 1. The second-order valence-electron chi connectivity index (χ2n) is 6.56. The van der Waals surface area contributed by atoms with E-state index in [1.54, 1.807) is 6.20 Å². The average Bonchev–Trinajstić information content (AvgIpc) is 3.12. The number of rotatable bonds is 6. The number of para-hydroxylation sites is 2. The first-order valence-electron chi connectivity index (χ1n) is 9.12. The van der Waals surface area contributed by atoms with Gasteiger partial charge in [0.2, 0.25) is 11.8 Å². The van der Waals surface area contributed by atoms with Crippen LogP contribution >= 0.6 is 11.8 Å². The van der Waals surface area contributed by atoms with Gasteiger partial charge in [0.1, 0.15) is 11.6 Å². The van der Waals surface area contributed by atoms with Crippen molar-refractivity contribution < 1.29 is 13.9 Å². The smallest absolute Gasteiger partial charge is 0.257 e. The van der Waals surface area contributed by atoms with Gasteiger partial charge in [-0.15, -0.1) is 0 Å². The van der Waals surface area contributed by atoms with Gasteiger partial charge in [-0.25, -0.2) is 9.97 Å². The molecule has 6 nitrogen and oxygen atoms in total. The number of aromatic nitrogens is 2. The van der Waals surface area contributed by atoms with Gasteiger partial charge in [-0.3, -0.25) is 4.79 Å². The maximum atomic E-state index is 12.2. The lowest BCUT2D eigenvalue weighted by Gasteiger charge is -2.29. The van der Waals surface area contributed by atoms with Crippen LogP contribution in [0.15, 0.2) is 58.3 Å². The third-order valence-electron chi connectivity index (χ3n) is 4.57. The van der Waals surface area contributed by atoms with E-state index in [9.17, 15) is 4.79 Å². The molecule has 0 saturated heterocycles. The van der Waals surface area contributed by atoms with Gasteiger partial charge in [0.25, 0.3) is 5.22 Å². The number of pyridine rings is 1. The van der Waals surface area contributed by atoms with E-state index in [-0.39, 0.29) is 18.1 Å². The molecule has 2 heterocycles. The monoisotopic (exact) mass is 383 g/mol. The Hall–Kier alpha value is -2.54. The van der Waals surface area contributed by atoms with Crippen LogP contribution in [0.2, 0.25) is 0 Å². The number of hydrogen-bond acceptors (Lipinski definition) is 6. The lowest BCUT2D eigenvalue weighted by Crippen LogP contribution is -2.40. The van der Waals surface area contributed by atoms with Gasteiger partial charge in [-0.1, -0.05) is 30.0 Å². The van der Waals surface area contributed by atoms with Crippen LogP contribution in [0.5, 0.6) is 5.88 Å². The highest BCUT2D eigenvalue weighted by molar-refractivity contribution is 7.99. The van der Waals surface area contributed by atoms with E-state index in [1.165, 1.54) is 11.8 Å². The third kappa shape index (κ3) is 4.80. The number of carbonyl (C=O) groups excluding carboxylic acids is 1. The summed E-state index contributed by atoms with van der Waals surface area (Å²) in [5.41, 5.74) is 1.55. The molecule has 1 amide bonds. The Balaban J connectivity index is 1.20. The summed E-state index contributed by atoms with van der Waals surface area (Å²) in [5, 5.41) is 3.63. The van der Waals surface area contributed by atoms with Crippen molar-refractivity contribution in [1.29, 1.82) is 0 Å². The molecule has 0 spiro atoms. The van der Waals surface area contributed by atoms with Gasteiger partial charge in [-0.2, -0.15) is 0 Å². The first-order valence-corrected chi connectivity index (χ1v) is 10.1. The normalized spacial score (nSPS) is 19.7. The summed E-state index contributed by atoms with van der Waals surface area (Å²) in [6.07, 6.45) is 5.56. The Morgan fingerprint density at radius 1 is 1.15 bits per heavy atom. The van der Waals surface area contributed by atoms with E-state index < -0.39 is 0 Å². The van der Waals surface area contributed by atoms with E-state index in [0.29, 0.717) is 16.9 Å². The van der Waals surface area contributed by atoms with Crippen LogP contribution in [-0.2, 0) is 4.79 Å². The fraction of sp³-hybridized carbons (Fsp3) is 0.350. The zero-order valence-electron chi connectivity index (χ0n) is 14.8. The first kappa shape index (κ1) is 17.9. The Kier molecular flexibility index (Phi) is 5.58. The molecule has 0 unspecified atom stereocenters. The summed E-state index contributed by atoms with van der Waals surface area (Å²) in [6, 6.07) is 13.5. The van der Waals surface area contributed by atoms with Crippen molar-refractivity contribution >= 4 is 28.8 Å². The molecule has 1 aliphatic rings. The highest BCUT2D eigenvalue weighted by Crippen LogP contribution is 2.24. The Morgan fingerprint density at radius 3 is 2.74 bits per heavy atom. The second kappa shape index (κ2) is 8.43. The summed E-state index contributed by atoms with van der Waals surface area (Å²) in [6.45, 7) is 0. The third-order valence-corrected chi connectivity index (χ3v) is 5.39. The molecule has 140 valence electrons. The van der Waals surface area contributed by atoms with E-state index in [0.717, 1.165) is 36.8 Å². The summed E-state index contributed by atoms with van der Waals surface area (Å²) in [7, 11) is 0. The zero-order valence-corrected chi connectivity index (χ0v) is 15.7. The first-order chi connectivity index (χ1) is 13.3. The van der Waals surface area contributed by atoms with Gasteiger partial charge >= 0.3 is 0 Å². The number of fused-ring (bicyclic) bond motifs is 1. The maximum absolute atomic E-state index is 12.2. The molecule has 27 heavy (non-hydrogen) atoms. The van der Waals surface area contributed by atoms with Crippen LogP contribution in [0.25, 0.3) is 11.1 Å². The molecule has 0 aliphatic heterocycles. The van der Waals surface area contributed by atoms with E-state index in [2.05, 4.69) is 15.3 Å². The Bertz CT molecular complexity index is 859. The fourth-order valence-electron chi connectivity index (χ4n) is 3.22. The van der Waals surface area contributed by atoms with Gasteiger partial charge < -0.3 is 14.5 Å². The summed E-state index contributed by atoms with van der Waals surface area (Å²) in [4.78, 5) is 20.8. The van der Waals surface area contributed by atoms with Crippen molar-refractivity contribution in [3.63, 3.8) is 0 Å². The summed E-state index contributed by atoms with van der Waals surface area (Å²) in [5.74, 6) is 0.980. The highest BCUT2D eigenvalue weighted by atomic mass is 32.2. The number of benzene rings is 1. The largest absolute Gasteiger partial charge is 0.474 e. The number of hydrogen-bond donors (Lipinski definition) is 1. The lowest BCUT2D eigenvalue weighted by atomic mass is 9.93. The van der Waals surface area contributed by atoms with Crippen LogP contribution in [0.1, 0.15) is 25.7 Å². The standard InChI is InChI=1S/C20H21N3O3S/c24-18(13-27-20-23-16-5-1-2-6-17(16)26-20)22-14-8-10-15(11-9-14)25-19-7-3-4-12-21-19/h1-7,12,14-15H,8-11,13H2,(H,22,24). The van der Waals surface area contributed by atoms with Crippen molar-refractivity contribution in [3.8, 4) is 5.88 Å².